The molecule has 2 heterocycles. The van der Waals surface area contributed by atoms with Gasteiger partial charge in [-0.1, -0.05) is 40.8 Å². The fourth-order valence-corrected chi connectivity index (χ4v) is 3.10. The van der Waals surface area contributed by atoms with Gasteiger partial charge in [0.2, 0.25) is 5.82 Å². The van der Waals surface area contributed by atoms with Crippen LogP contribution in [0.1, 0.15) is 23.6 Å². The van der Waals surface area contributed by atoms with Crippen molar-refractivity contribution in [2.24, 2.45) is 0 Å². The van der Waals surface area contributed by atoms with Gasteiger partial charge in [0.1, 0.15) is 0 Å². The van der Waals surface area contributed by atoms with Crippen LogP contribution in [-0.2, 0) is 22.7 Å². The molecule has 0 radical (unpaired) electrons. The fourth-order valence-electron chi connectivity index (χ4n) is 2.34. The van der Waals surface area contributed by atoms with Crippen LogP contribution < -0.4 is 4.87 Å². The van der Waals surface area contributed by atoms with Gasteiger partial charge in [-0.05, 0) is 19.4 Å². The van der Waals surface area contributed by atoms with Gasteiger partial charge in [0, 0.05) is 23.2 Å². The van der Waals surface area contributed by atoms with E-state index in [2.05, 4.69) is 10.1 Å². The molecule has 3 aromatic rings. The molecule has 0 N–H and O–H groups in total. The average Bonchev–Trinajstić information content (AvgIpc) is 3.19. The van der Waals surface area contributed by atoms with Gasteiger partial charge in [-0.25, -0.2) is 0 Å². The van der Waals surface area contributed by atoms with E-state index in [1.165, 1.54) is 0 Å². The zero-order valence-corrected chi connectivity index (χ0v) is 14.7. The van der Waals surface area contributed by atoms with Crippen LogP contribution in [0.5, 0.6) is 0 Å². The Morgan fingerprint density at radius 2 is 2.12 bits per heavy atom. The molecule has 7 nitrogen and oxygen atoms in total. The molecule has 0 unspecified atom stereocenters. The predicted octanol–water partition coefficient (Wildman–Crippen LogP) is 2.71. The molecule has 0 aliphatic carbocycles. The summed E-state index contributed by atoms with van der Waals surface area (Å²) in [6.07, 6.45) is 0.107. The van der Waals surface area contributed by atoms with E-state index in [-0.39, 0.29) is 23.8 Å². The van der Waals surface area contributed by atoms with E-state index in [0.29, 0.717) is 12.4 Å². The van der Waals surface area contributed by atoms with Gasteiger partial charge in [0.05, 0.1) is 6.42 Å². The molecule has 1 aromatic carbocycles. The molecule has 0 amide bonds. The summed E-state index contributed by atoms with van der Waals surface area (Å²) in [6.45, 7) is 4.00. The van der Waals surface area contributed by atoms with E-state index in [9.17, 15) is 9.59 Å². The minimum Gasteiger partial charge on any atom is -0.456 e. The van der Waals surface area contributed by atoms with Crippen molar-refractivity contribution < 1.29 is 14.1 Å². The molecule has 0 bridgehead atoms. The summed E-state index contributed by atoms with van der Waals surface area (Å²) >= 11 is 1.12. The number of hydrogen-bond acceptors (Lipinski definition) is 7. The number of hydrogen-bond donors (Lipinski definition) is 0. The highest BCUT2D eigenvalue weighted by Crippen LogP contribution is 2.19. The Hall–Kier alpha value is -2.74. The number of rotatable bonds is 6. The van der Waals surface area contributed by atoms with Crippen molar-refractivity contribution in [1.29, 1.82) is 0 Å². The summed E-state index contributed by atoms with van der Waals surface area (Å²) in [5, 5.41) is 5.68. The van der Waals surface area contributed by atoms with Crippen molar-refractivity contribution in [2.75, 3.05) is 0 Å². The third-order valence-electron chi connectivity index (χ3n) is 3.73. The SMILES string of the molecule is Cc1ccccc1-c1noc(COC(=O)CCn2c(C)csc2=O)n1. The monoisotopic (exact) mass is 359 g/mol. The third-order valence-corrected chi connectivity index (χ3v) is 4.61. The first-order chi connectivity index (χ1) is 12.0. The van der Waals surface area contributed by atoms with Crippen LogP contribution in [0.3, 0.4) is 0 Å². The van der Waals surface area contributed by atoms with Crippen molar-refractivity contribution in [1.82, 2.24) is 14.7 Å². The van der Waals surface area contributed by atoms with E-state index < -0.39 is 5.97 Å². The molecule has 8 heteroatoms. The van der Waals surface area contributed by atoms with Crippen molar-refractivity contribution in [3.63, 3.8) is 0 Å². The maximum absolute atomic E-state index is 11.8. The Kier molecular flexibility index (Phi) is 5.08. The van der Waals surface area contributed by atoms with Crippen molar-refractivity contribution >= 4 is 17.3 Å². The number of thiazole rings is 1. The second-order valence-electron chi connectivity index (χ2n) is 5.53. The van der Waals surface area contributed by atoms with E-state index in [1.54, 1.807) is 9.95 Å². The lowest BCUT2D eigenvalue weighted by Crippen LogP contribution is -2.17. The number of ether oxygens (including phenoxy) is 1. The molecule has 0 spiro atoms. The second kappa shape index (κ2) is 7.43. The van der Waals surface area contributed by atoms with Crippen molar-refractivity contribution in [2.45, 2.75) is 33.4 Å². The highest BCUT2D eigenvalue weighted by Gasteiger charge is 2.13. The molecular weight excluding hydrogens is 342 g/mol. The van der Waals surface area contributed by atoms with Crippen LogP contribution in [0.15, 0.2) is 39.0 Å². The number of benzene rings is 1. The fraction of sp³-hybridized carbons (Fsp3) is 0.294. The zero-order chi connectivity index (χ0) is 17.8. The predicted molar refractivity (Wildman–Crippen MR) is 92.2 cm³/mol. The topological polar surface area (TPSA) is 87.2 Å². The Morgan fingerprint density at radius 1 is 1.32 bits per heavy atom. The summed E-state index contributed by atoms with van der Waals surface area (Å²) in [4.78, 5) is 27.6. The Balaban J connectivity index is 1.55. The highest BCUT2D eigenvalue weighted by molar-refractivity contribution is 7.07. The first-order valence-corrected chi connectivity index (χ1v) is 8.61. The lowest BCUT2D eigenvalue weighted by atomic mass is 10.1. The maximum Gasteiger partial charge on any atom is 0.308 e. The minimum atomic E-state index is -0.423. The summed E-state index contributed by atoms with van der Waals surface area (Å²) < 4.78 is 11.8. The van der Waals surface area contributed by atoms with Gasteiger partial charge >= 0.3 is 10.8 Å². The molecule has 0 aliphatic heterocycles. The van der Waals surface area contributed by atoms with Crippen LogP contribution in [0.25, 0.3) is 11.4 Å². The zero-order valence-electron chi connectivity index (χ0n) is 13.9. The van der Waals surface area contributed by atoms with Gasteiger partial charge in [0.25, 0.3) is 5.89 Å². The van der Waals surface area contributed by atoms with Crippen LogP contribution in [0.2, 0.25) is 0 Å². The van der Waals surface area contributed by atoms with E-state index >= 15 is 0 Å². The average molecular weight is 359 g/mol. The summed E-state index contributed by atoms with van der Waals surface area (Å²) in [7, 11) is 0. The largest absolute Gasteiger partial charge is 0.456 e. The third kappa shape index (κ3) is 4.03. The first-order valence-electron chi connectivity index (χ1n) is 7.73. The van der Waals surface area contributed by atoms with Crippen molar-refractivity contribution in [3.8, 4) is 11.4 Å². The van der Waals surface area contributed by atoms with E-state index in [4.69, 9.17) is 9.26 Å². The first kappa shape index (κ1) is 17.1. The molecule has 2 aromatic heterocycles. The lowest BCUT2D eigenvalue weighted by Gasteiger charge is -2.04. The summed E-state index contributed by atoms with van der Waals surface area (Å²) in [5.41, 5.74) is 2.74. The van der Waals surface area contributed by atoms with Crippen molar-refractivity contribution in [3.05, 3.63) is 56.5 Å². The van der Waals surface area contributed by atoms with Gasteiger partial charge in [-0.3, -0.25) is 9.59 Å². The number of esters is 1. The van der Waals surface area contributed by atoms with Gasteiger partial charge < -0.3 is 13.8 Å². The molecule has 0 saturated heterocycles. The number of carbonyl (C=O) groups is 1. The summed E-state index contributed by atoms with van der Waals surface area (Å²) in [5.74, 6) is 0.272. The normalized spacial score (nSPS) is 10.8. The van der Waals surface area contributed by atoms with Crippen LogP contribution >= 0.6 is 11.3 Å². The molecule has 0 aliphatic rings. The summed E-state index contributed by atoms with van der Waals surface area (Å²) in [6, 6.07) is 7.69. The molecule has 25 heavy (non-hydrogen) atoms. The standard InChI is InChI=1S/C17H17N3O4S/c1-11-5-3-4-6-13(11)16-18-14(24-19-16)9-23-15(21)7-8-20-12(2)10-25-17(20)22/h3-6,10H,7-9H2,1-2H3. The number of aryl methyl sites for hydroxylation is 2. The van der Waals surface area contributed by atoms with Crippen LogP contribution in [0.4, 0.5) is 0 Å². The molecule has 0 fully saturated rings. The quantitative estimate of drug-likeness (QED) is 0.629. The molecule has 130 valence electrons. The molecule has 3 rings (SSSR count). The van der Waals surface area contributed by atoms with E-state index in [1.807, 2.05) is 38.1 Å². The maximum atomic E-state index is 11.8. The Bertz CT molecular complexity index is 941. The molecular formula is C17H17N3O4S. The minimum absolute atomic E-state index is 0.0786. The van der Waals surface area contributed by atoms with Gasteiger partial charge in [-0.2, -0.15) is 4.98 Å². The van der Waals surface area contributed by atoms with Gasteiger partial charge in [-0.15, -0.1) is 0 Å². The second-order valence-corrected chi connectivity index (χ2v) is 6.35. The number of nitrogens with zero attached hydrogens (tertiary/aromatic N) is 3. The van der Waals surface area contributed by atoms with Gasteiger partial charge in [0.15, 0.2) is 6.61 Å². The lowest BCUT2D eigenvalue weighted by molar-refractivity contribution is -0.146. The Labute approximate surface area is 147 Å². The molecule has 0 saturated carbocycles. The van der Waals surface area contributed by atoms with Crippen LogP contribution in [-0.4, -0.2) is 20.7 Å². The molecule has 0 atom stereocenters. The smallest absolute Gasteiger partial charge is 0.308 e. The number of carbonyl (C=O) groups excluding carboxylic acids is 1. The van der Waals surface area contributed by atoms with E-state index in [0.717, 1.165) is 28.2 Å². The van der Waals surface area contributed by atoms with Crippen LogP contribution in [0, 0.1) is 13.8 Å². The highest BCUT2D eigenvalue weighted by atomic mass is 32.1. The Morgan fingerprint density at radius 3 is 2.84 bits per heavy atom. The number of aromatic nitrogens is 3.